The highest BCUT2D eigenvalue weighted by atomic mass is 35.5. The van der Waals surface area contributed by atoms with Gasteiger partial charge in [0.15, 0.2) is 0 Å². The number of hydrogen-bond donors (Lipinski definition) is 1. The monoisotopic (exact) mass is 279 g/mol. The van der Waals surface area contributed by atoms with Crippen molar-refractivity contribution in [1.29, 1.82) is 0 Å². The van der Waals surface area contributed by atoms with Gasteiger partial charge in [0.2, 0.25) is 0 Å². The summed E-state index contributed by atoms with van der Waals surface area (Å²) in [5, 5.41) is 7.86. The van der Waals surface area contributed by atoms with Crippen molar-refractivity contribution in [2.45, 2.75) is 13.0 Å². The van der Waals surface area contributed by atoms with E-state index in [1.165, 1.54) is 0 Å². The van der Waals surface area contributed by atoms with E-state index in [4.69, 9.17) is 16.3 Å². The number of rotatable bonds is 6. The second-order valence-corrected chi connectivity index (χ2v) is 4.82. The first kappa shape index (κ1) is 13.9. The fraction of sp³-hybridized carbons (Fsp3) is 0.357. The van der Waals surface area contributed by atoms with Gasteiger partial charge >= 0.3 is 0 Å². The molecule has 0 amide bonds. The number of aryl methyl sites for hydroxylation is 1. The maximum atomic E-state index is 6.18. The molecule has 102 valence electrons. The lowest BCUT2D eigenvalue weighted by Crippen LogP contribution is -2.05. The number of hydrogen-bond acceptors (Lipinski definition) is 3. The summed E-state index contributed by atoms with van der Waals surface area (Å²) in [4.78, 5) is 0. The molecule has 0 aliphatic heterocycles. The maximum absolute atomic E-state index is 6.18. The Bertz CT molecular complexity index is 539. The third-order valence-electron chi connectivity index (χ3n) is 2.78. The number of nitrogens with zero attached hydrogens (tertiary/aromatic N) is 2. The van der Waals surface area contributed by atoms with Crippen LogP contribution in [0.5, 0.6) is 5.75 Å². The van der Waals surface area contributed by atoms with Crippen LogP contribution in [0.1, 0.15) is 11.1 Å². The predicted molar refractivity (Wildman–Crippen MR) is 76.6 cm³/mol. The Hall–Kier alpha value is -1.52. The largest absolute Gasteiger partial charge is 0.492 e. The fourth-order valence-electron chi connectivity index (χ4n) is 1.86. The summed E-state index contributed by atoms with van der Waals surface area (Å²) in [6.45, 7) is 1.40. The van der Waals surface area contributed by atoms with Gasteiger partial charge in [0.1, 0.15) is 5.75 Å². The molecule has 1 aromatic heterocycles. The molecule has 19 heavy (non-hydrogen) atoms. The van der Waals surface area contributed by atoms with Crippen molar-refractivity contribution in [3.63, 3.8) is 0 Å². The van der Waals surface area contributed by atoms with Gasteiger partial charge < -0.3 is 10.1 Å². The van der Waals surface area contributed by atoms with Crippen LogP contribution in [0, 0.1) is 0 Å². The summed E-state index contributed by atoms with van der Waals surface area (Å²) in [5.41, 5.74) is 2.30. The lowest BCUT2D eigenvalue weighted by molar-refractivity contribution is 0.322. The molecule has 0 saturated heterocycles. The van der Waals surface area contributed by atoms with Gasteiger partial charge in [-0.05, 0) is 30.3 Å². The average molecular weight is 280 g/mol. The molecule has 2 aromatic rings. The Morgan fingerprint density at radius 2 is 2.21 bits per heavy atom. The molecular formula is C14H18ClN3O. The van der Waals surface area contributed by atoms with E-state index >= 15 is 0 Å². The van der Waals surface area contributed by atoms with E-state index in [1.807, 2.05) is 44.7 Å². The average Bonchev–Trinajstić information content (AvgIpc) is 2.78. The summed E-state index contributed by atoms with van der Waals surface area (Å²) >= 11 is 6.18. The van der Waals surface area contributed by atoms with Crippen LogP contribution in [-0.4, -0.2) is 23.4 Å². The second-order valence-electron chi connectivity index (χ2n) is 4.42. The first-order chi connectivity index (χ1) is 9.19. The van der Waals surface area contributed by atoms with E-state index in [1.54, 1.807) is 4.68 Å². The zero-order valence-electron chi connectivity index (χ0n) is 11.2. The minimum Gasteiger partial charge on any atom is -0.492 e. The first-order valence-corrected chi connectivity index (χ1v) is 6.60. The van der Waals surface area contributed by atoms with E-state index in [0.717, 1.165) is 29.8 Å². The fourth-order valence-corrected chi connectivity index (χ4v) is 2.11. The molecule has 0 atom stereocenters. The summed E-state index contributed by atoms with van der Waals surface area (Å²) in [6, 6.07) is 5.86. The van der Waals surface area contributed by atoms with Gasteiger partial charge in [-0.2, -0.15) is 5.10 Å². The standard InChI is InChI=1S/C14H18ClN3O/c1-16-8-11-3-4-14(13(15)7-11)19-6-5-12-9-17-18(2)10-12/h3-4,7,9-10,16H,5-6,8H2,1-2H3. The number of aromatic nitrogens is 2. The lowest BCUT2D eigenvalue weighted by atomic mass is 10.2. The molecule has 0 radical (unpaired) electrons. The molecule has 5 heteroatoms. The highest BCUT2D eigenvalue weighted by Crippen LogP contribution is 2.25. The number of ether oxygens (including phenoxy) is 1. The van der Waals surface area contributed by atoms with Crippen LogP contribution < -0.4 is 10.1 Å². The van der Waals surface area contributed by atoms with Crippen LogP contribution in [0.3, 0.4) is 0 Å². The Morgan fingerprint density at radius 1 is 1.37 bits per heavy atom. The number of halogens is 1. The molecule has 0 unspecified atom stereocenters. The van der Waals surface area contributed by atoms with Crippen molar-refractivity contribution in [3.05, 3.63) is 46.7 Å². The van der Waals surface area contributed by atoms with Gasteiger partial charge in [-0.25, -0.2) is 0 Å². The van der Waals surface area contributed by atoms with Crippen LogP contribution in [0.15, 0.2) is 30.6 Å². The molecule has 4 nitrogen and oxygen atoms in total. The quantitative estimate of drug-likeness (QED) is 0.883. The Labute approximate surface area is 118 Å². The third-order valence-corrected chi connectivity index (χ3v) is 3.08. The lowest BCUT2D eigenvalue weighted by Gasteiger charge is -2.09. The normalized spacial score (nSPS) is 10.7. The van der Waals surface area contributed by atoms with Gasteiger partial charge in [-0.1, -0.05) is 17.7 Å². The molecule has 1 aromatic carbocycles. The van der Waals surface area contributed by atoms with Crippen molar-refractivity contribution in [2.24, 2.45) is 7.05 Å². The summed E-state index contributed by atoms with van der Waals surface area (Å²) in [6.07, 6.45) is 4.66. The highest BCUT2D eigenvalue weighted by Gasteiger charge is 2.03. The molecular weight excluding hydrogens is 262 g/mol. The molecule has 2 rings (SSSR count). The minimum atomic E-state index is 0.594. The predicted octanol–water partition coefficient (Wildman–Crippen LogP) is 2.41. The zero-order valence-corrected chi connectivity index (χ0v) is 11.9. The van der Waals surface area contributed by atoms with E-state index in [0.29, 0.717) is 11.6 Å². The molecule has 1 heterocycles. The minimum absolute atomic E-state index is 0.594. The molecule has 0 saturated carbocycles. The van der Waals surface area contributed by atoms with Crippen LogP contribution in [-0.2, 0) is 20.0 Å². The van der Waals surface area contributed by atoms with E-state index in [9.17, 15) is 0 Å². The van der Waals surface area contributed by atoms with Gasteiger partial charge in [-0.3, -0.25) is 4.68 Å². The van der Waals surface area contributed by atoms with Gasteiger partial charge in [0.05, 0.1) is 17.8 Å². The van der Waals surface area contributed by atoms with Crippen LogP contribution >= 0.6 is 11.6 Å². The summed E-state index contributed by atoms with van der Waals surface area (Å²) < 4.78 is 7.48. The number of nitrogens with one attached hydrogen (secondary N) is 1. The molecule has 0 spiro atoms. The van der Waals surface area contributed by atoms with Crippen molar-refractivity contribution in [1.82, 2.24) is 15.1 Å². The van der Waals surface area contributed by atoms with Gasteiger partial charge in [-0.15, -0.1) is 0 Å². The molecule has 1 N–H and O–H groups in total. The molecule has 0 aliphatic rings. The third kappa shape index (κ3) is 3.98. The zero-order chi connectivity index (χ0) is 13.7. The second kappa shape index (κ2) is 6.59. The Balaban J connectivity index is 1.89. The number of benzene rings is 1. The van der Waals surface area contributed by atoms with Crippen molar-refractivity contribution < 1.29 is 4.74 Å². The Kier molecular flexibility index (Phi) is 4.82. The van der Waals surface area contributed by atoms with Crippen LogP contribution in [0.25, 0.3) is 0 Å². The SMILES string of the molecule is CNCc1ccc(OCCc2cnn(C)c2)c(Cl)c1. The van der Waals surface area contributed by atoms with Gasteiger partial charge in [0.25, 0.3) is 0 Å². The van der Waals surface area contributed by atoms with E-state index in [-0.39, 0.29) is 0 Å². The summed E-state index contributed by atoms with van der Waals surface area (Å²) in [7, 11) is 3.81. The summed E-state index contributed by atoms with van der Waals surface area (Å²) in [5.74, 6) is 0.727. The smallest absolute Gasteiger partial charge is 0.137 e. The van der Waals surface area contributed by atoms with Crippen molar-refractivity contribution in [2.75, 3.05) is 13.7 Å². The van der Waals surface area contributed by atoms with Crippen molar-refractivity contribution >= 4 is 11.6 Å². The Morgan fingerprint density at radius 3 is 2.84 bits per heavy atom. The van der Waals surface area contributed by atoms with Gasteiger partial charge in [0, 0.05) is 26.2 Å². The maximum Gasteiger partial charge on any atom is 0.137 e. The first-order valence-electron chi connectivity index (χ1n) is 6.22. The van der Waals surface area contributed by atoms with Crippen LogP contribution in [0.4, 0.5) is 0 Å². The van der Waals surface area contributed by atoms with E-state index in [2.05, 4.69) is 10.4 Å². The molecule has 0 fully saturated rings. The molecule has 0 aliphatic carbocycles. The van der Waals surface area contributed by atoms with Crippen molar-refractivity contribution in [3.8, 4) is 5.75 Å². The topological polar surface area (TPSA) is 39.1 Å². The van der Waals surface area contributed by atoms with Crippen LogP contribution in [0.2, 0.25) is 5.02 Å². The highest BCUT2D eigenvalue weighted by molar-refractivity contribution is 6.32. The molecule has 0 bridgehead atoms. The van der Waals surface area contributed by atoms with E-state index < -0.39 is 0 Å².